The van der Waals surface area contributed by atoms with Crippen molar-refractivity contribution in [3.8, 4) is 0 Å². The Balaban J connectivity index is 1.58. The van der Waals surface area contributed by atoms with E-state index in [4.69, 9.17) is 13.8 Å². The van der Waals surface area contributed by atoms with Crippen molar-refractivity contribution in [3.63, 3.8) is 0 Å². The molecule has 2 aliphatic rings. The fourth-order valence-electron chi connectivity index (χ4n) is 3.75. The number of ketones is 1. The van der Waals surface area contributed by atoms with E-state index in [-0.39, 0.29) is 24.6 Å². The van der Waals surface area contributed by atoms with Gasteiger partial charge in [0.1, 0.15) is 18.1 Å². The van der Waals surface area contributed by atoms with E-state index in [2.05, 4.69) is 5.16 Å². The molecule has 2 atom stereocenters. The molecular weight excluding hydrogens is 548 g/mol. The van der Waals surface area contributed by atoms with Crippen LogP contribution in [0.1, 0.15) is 27.2 Å². The molecule has 210 valence electrons. The van der Waals surface area contributed by atoms with Crippen LogP contribution in [-0.2, 0) is 23.4 Å². The van der Waals surface area contributed by atoms with Gasteiger partial charge in [-0.05, 0) is 26.8 Å². The fraction of sp³-hybridized carbons (Fsp3) is 0.391. The Bertz CT molecular complexity index is 1380. The van der Waals surface area contributed by atoms with Gasteiger partial charge in [0.05, 0.1) is 24.2 Å². The van der Waals surface area contributed by atoms with Gasteiger partial charge in [0.2, 0.25) is 0 Å². The first-order valence-electron chi connectivity index (χ1n) is 11.6. The third-order valence-corrected chi connectivity index (χ3v) is 7.17. The number of aromatic nitrogens is 1. The standard InChI is InChI=1S/C23H24F3N4O8P/c1-23(2,3)21(32)38-39(34,35)30(17-6-9-36-27-17)12-14-11-29(22(33)37-14)16-10-15(24)20(19(26)18(16)25)28-7-4-13(31)5-8-28/h4,6-7,9-10,14H,5,8,11-12H2,1-3H3,(H,34,35). The summed E-state index contributed by atoms with van der Waals surface area (Å²) >= 11 is 0. The van der Waals surface area contributed by atoms with Crippen LogP contribution in [0.5, 0.6) is 0 Å². The van der Waals surface area contributed by atoms with Crippen LogP contribution in [0.2, 0.25) is 0 Å². The van der Waals surface area contributed by atoms with Gasteiger partial charge in [-0.1, -0.05) is 5.16 Å². The molecule has 16 heteroatoms. The smallest absolute Gasteiger partial charge is 0.442 e. The van der Waals surface area contributed by atoms with Crippen molar-refractivity contribution in [1.29, 1.82) is 0 Å². The molecule has 12 nitrogen and oxygen atoms in total. The first kappa shape index (κ1) is 28.2. The van der Waals surface area contributed by atoms with Crippen LogP contribution in [0.25, 0.3) is 0 Å². The highest BCUT2D eigenvalue weighted by Crippen LogP contribution is 2.50. The molecule has 1 aromatic heterocycles. The van der Waals surface area contributed by atoms with E-state index in [1.54, 1.807) is 0 Å². The van der Waals surface area contributed by atoms with E-state index in [1.807, 2.05) is 0 Å². The lowest BCUT2D eigenvalue weighted by Crippen LogP contribution is -2.35. The van der Waals surface area contributed by atoms with Gasteiger partial charge in [-0.15, -0.1) is 0 Å². The number of carbonyl (C=O) groups is 3. The first-order chi connectivity index (χ1) is 18.2. The van der Waals surface area contributed by atoms with Crippen molar-refractivity contribution in [2.24, 2.45) is 5.41 Å². The second kappa shape index (κ2) is 10.4. The average Bonchev–Trinajstić information content (AvgIpc) is 3.50. The SMILES string of the molecule is CC(C)(C)C(=O)OP(=O)(O)N(CC1CN(c2cc(F)c(N3C=CC(=O)CC3)c(F)c2F)C(=O)O1)c1ccon1. The topological polar surface area (TPSA) is 143 Å². The second-order valence-corrected chi connectivity index (χ2v) is 11.4. The van der Waals surface area contributed by atoms with Crippen molar-refractivity contribution in [1.82, 2.24) is 5.16 Å². The molecule has 0 spiro atoms. The molecule has 39 heavy (non-hydrogen) atoms. The van der Waals surface area contributed by atoms with Crippen LogP contribution < -0.4 is 14.5 Å². The van der Waals surface area contributed by atoms with Crippen LogP contribution in [0, 0.1) is 22.9 Å². The lowest BCUT2D eigenvalue weighted by Gasteiger charge is -2.29. The minimum absolute atomic E-state index is 0.0271. The zero-order valence-corrected chi connectivity index (χ0v) is 21.9. The number of nitrogens with zero attached hydrogens (tertiary/aromatic N) is 4. The number of allylic oxidation sites excluding steroid dienone is 1. The number of anilines is 3. The molecule has 0 bridgehead atoms. The van der Waals surface area contributed by atoms with E-state index in [0.717, 1.165) is 23.4 Å². The summed E-state index contributed by atoms with van der Waals surface area (Å²) in [5.74, 6) is -5.83. The van der Waals surface area contributed by atoms with Gasteiger partial charge in [-0.25, -0.2) is 27.2 Å². The number of hydrogen-bond donors (Lipinski definition) is 1. The number of benzene rings is 1. The summed E-state index contributed by atoms with van der Waals surface area (Å²) in [5, 5.41) is 3.57. The van der Waals surface area contributed by atoms with Crippen molar-refractivity contribution in [2.45, 2.75) is 33.3 Å². The summed E-state index contributed by atoms with van der Waals surface area (Å²) < 4.78 is 73.4. The van der Waals surface area contributed by atoms with Gasteiger partial charge < -0.3 is 18.7 Å². The molecule has 2 aliphatic heterocycles. The third-order valence-electron chi connectivity index (χ3n) is 5.79. The van der Waals surface area contributed by atoms with E-state index >= 15 is 4.39 Å². The zero-order valence-electron chi connectivity index (χ0n) is 21.0. The highest BCUT2D eigenvalue weighted by atomic mass is 31.2. The predicted molar refractivity (Wildman–Crippen MR) is 129 cm³/mol. The van der Waals surface area contributed by atoms with Gasteiger partial charge in [-0.2, -0.15) is 0 Å². The average molecular weight is 572 g/mol. The highest BCUT2D eigenvalue weighted by Gasteiger charge is 2.44. The van der Waals surface area contributed by atoms with Crippen molar-refractivity contribution >= 4 is 42.8 Å². The summed E-state index contributed by atoms with van der Waals surface area (Å²) in [6, 6.07) is 1.80. The van der Waals surface area contributed by atoms with Gasteiger partial charge in [0, 0.05) is 31.3 Å². The molecule has 0 aliphatic carbocycles. The maximum absolute atomic E-state index is 15.1. The minimum atomic E-state index is -4.94. The van der Waals surface area contributed by atoms with E-state index < -0.39 is 73.2 Å². The number of rotatable bonds is 7. The maximum Gasteiger partial charge on any atom is 0.490 e. The van der Waals surface area contributed by atoms with Gasteiger partial charge in [-0.3, -0.25) is 19.4 Å². The molecule has 1 N–H and O–H groups in total. The van der Waals surface area contributed by atoms with Crippen LogP contribution >= 0.6 is 7.75 Å². The molecule has 1 fully saturated rings. The molecule has 0 radical (unpaired) electrons. The largest absolute Gasteiger partial charge is 0.490 e. The predicted octanol–water partition coefficient (Wildman–Crippen LogP) is 3.91. The van der Waals surface area contributed by atoms with Gasteiger partial charge in [0.25, 0.3) is 0 Å². The van der Waals surface area contributed by atoms with Crippen molar-refractivity contribution in [3.05, 3.63) is 48.1 Å². The molecule has 1 aromatic carbocycles. The Kier molecular flexibility index (Phi) is 7.50. The molecule has 3 heterocycles. The Hall–Kier alpha value is -3.84. The Morgan fingerprint density at radius 3 is 2.59 bits per heavy atom. The maximum atomic E-state index is 15.1. The fourth-order valence-corrected chi connectivity index (χ4v) is 5.09. The van der Waals surface area contributed by atoms with Crippen LogP contribution in [0.4, 0.5) is 35.2 Å². The first-order valence-corrected chi connectivity index (χ1v) is 13.1. The van der Waals surface area contributed by atoms with Crippen LogP contribution in [-0.4, -0.2) is 53.6 Å². The second-order valence-electron chi connectivity index (χ2n) is 9.75. The minimum Gasteiger partial charge on any atom is -0.442 e. The van der Waals surface area contributed by atoms with Crippen molar-refractivity contribution < 1.29 is 50.8 Å². The van der Waals surface area contributed by atoms with Gasteiger partial charge in [0.15, 0.2) is 29.1 Å². The molecule has 2 aromatic rings. The van der Waals surface area contributed by atoms with Crippen LogP contribution in [0.3, 0.4) is 0 Å². The Morgan fingerprint density at radius 2 is 2.00 bits per heavy atom. The summed E-state index contributed by atoms with van der Waals surface area (Å²) in [6.45, 7) is 3.24. The summed E-state index contributed by atoms with van der Waals surface area (Å²) in [4.78, 5) is 48.5. The van der Waals surface area contributed by atoms with E-state index in [1.165, 1.54) is 26.8 Å². The number of ether oxygens (including phenoxy) is 1. The highest BCUT2D eigenvalue weighted by molar-refractivity contribution is 7.55. The normalized spacial score (nSPS) is 19.2. The summed E-state index contributed by atoms with van der Waals surface area (Å²) in [5.41, 5.74) is -2.64. The zero-order chi connectivity index (χ0) is 28.7. The summed E-state index contributed by atoms with van der Waals surface area (Å²) in [7, 11) is -4.94. The molecular formula is C23H24F3N4O8P. The molecule has 2 unspecified atom stereocenters. The number of hydrogen-bond acceptors (Lipinski definition) is 9. The lowest BCUT2D eigenvalue weighted by atomic mass is 9.98. The number of cyclic esters (lactones) is 1. The quantitative estimate of drug-likeness (QED) is 0.381. The number of carbonyl (C=O) groups excluding carboxylic acids is 3. The number of amides is 1. The molecule has 1 amide bonds. The molecule has 4 rings (SSSR count). The van der Waals surface area contributed by atoms with Crippen LogP contribution in [0.15, 0.2) is 35.2 Å². The van der Waals surface area contributed by atoms with Gasteiger partial charge >= 0.3 is 19.8 Å². The third kappa shape index (κ3) is 5.78. The molecule has 1 saturated heterocycles. The van der Waals surface area contributed by atoms with Crippen molar-refractivity contribution in [2.75, 3.05) is 34.1 Å². The molecule has 0 saturated carbocycles. The Morgan fingerprint density at radius 1 is 1.28 bits per heavy atom. The lowest BCUT2D eigenvalue weighted by molar-refractivity contribution is -0.143. The Labute approximate surface area is 220 Å². The van der Waals surface area contributed by atoms with E-state index in [9.17, 15) is 32.6 Å². The van der Waals surface area contributed by atoms with E-state index in [0.29, 0.717) is 15.6 Å². The number of halogens is 3. The monoisotopic (exact) mass is 572 g/mol. The summed E-state index contributed by atoms with van der Waals surface area (Å²) in [6.07, 6.45) is 0.843.